The van der Waals surface area contributed by atoms with Gasteiger partial charge in [0, 0.05) is 12.4 Å². The van der Waals surface area contributed by atoms with E-state index in [-0.39, 0.29) is 0 Å². The van der Waals surface area contributed by atoms with Gasteiger partial charge in [-0.2, -0.15) is 0 Å². The fraction of sp³-hybridized carbons (Fsp3) is 0.571. The summed E-state index contributed by atoms with van der Waals surface area (Å²) in [7, 11) is 0. The number of thiol groups is 1. The summed E-state index contributed by atoms with van der Waals surface area (Å²) >= 11 is 4.05. The van der Waals surface area contributed by atoms with Crippen LogP contribution in [-0.2, 0) is 0 Å². The van der Waals surface area contributed by atoms with Crippen molar-refractivity contribution in [3.8, 4) is 0 Å². The molecule has 0 spiro atoms. The van der Waals surface area contributed by atoms with E-state index in [1.54, 1.807) is 6.20 Å². The first-order chi connectivity index (χ1) is 4.13. The molecular formula is C7H13NS. The number of hydrogen-bond acceptors (Lipinski definition) is 2. The Morgan fingerprint density at radius 3 is 2.44 bits per heavy atom. The molecule has 0 aliphatic carbocycles. The van der Waals surface area contributed by atoms with E-state index >= 15 is 0 Å². The van der Waals surface area contributed by atoms with Crippen molar-refractivity contribution >= 4 is 18.8 Å². The quantitative estimate of drug-likeness (QED) is 0.450. The summed E-state index contributed by atoms with van der Waals surface area (Å²) in [5, 5.41) is 0. The maximum absolute atomic E-state index is 4.05. The molecule has 9 heavy (non-hydrogen) atoms. The minimum Gasteiger partial charge on any atom is -0.268 e. The molecule has 0 N–H and O–H groups in total. The molecule has 0 unspecified atom stereocenters. The van der Waals surface area contributed by atoms with Gasteiger partial charge < -0.3 is 0 Å². The second-order valence-corrected chi connectivity index (χ2v) is 3.02. The smallest absolute Gasteiger partial charge is 0.0353 e. The van der Waals surface area contributed by atoms with E-state index in [4.69, 9.17) is 0 Å². The molecule has 0 rings (SSSR count). The zero-order chi connectivity index (χ0) is 7.28. The molecule has 0 aliphatic rings. The van der Waals surface area contributed by atoms with Crippen LogP contribution in [0, 0.1) is 5.92 Å². The van der Waals surface area contributed by atoms with E-state index in [2.05, 4.69) is 31.5 Å². The Bertz CT molecular complexity index is 121. The average molecular weight is 143 g/mol. The van der Waals surface area contributed by atoms with Crippen LogP contribution in [0.2, 0.25) is 0 Å². The minimum absolute atomic E-state index is 0.522. The van der Waals surface area contributed by atoms with Gasteiger partial charge in [-0.05, 0) is 17.7 Å². The van der Waals surface area contributed by atoms with Crippen molar-refractivity contribution in [2.24, 2.45) is 10.9 Å². The standard InChI is InChI=1S/C7H13NS/c1-6(2)4-8-5-7(3)9/h4-6,9H,1-3H3/b7-5-,8-4?. The van der Waals surface area contributed by atoms with Gasteiger partial charge >= 0.3 is 0 Å². The van der Waals surface area contributed by atoms with Gasteiger partial charge in [-0.1, -0.05) is 13.8 Å². The van der Waals surface area contributed by atoms with Crippen molar-refractivity contribution in [1.29, 1.82) is 0 Å². The summed E-state index contributed by atoms with van der Waals surface area (Å²) in [5.74, 6) is 0.522. The highest BCUT2D eigenvalue weighted by atomic mass is 32.1. The zero-order valence-corrected chi connectivity index (χ0v) is 7.02. The van der Waals surface area contributed by atoms with E-state index in [1.807, 2.05) is 13.1 Å². The molecule has 0 aromatic rings. The highest BCUT2D eigenvalue weighted by molar-refractivity contribution is 7.84. The Hall–Kier alpha value is -0.240. The molecule has 0 fully saturated rings. The molecule has 0 saturated carbocycles. The van der Waals surface area contributed by atoms with E-state index in [0.29, 0.717) is 5.92 Å². The van der Waals surface area contributed by atoms with Crippen LogP contribution in [0.3, 0.4) is 0 Å². The molecule has 0 heterocycles. The van der Waals surface area contributed by atoms with Crippen molar-refractivity contribution in [2.75, 3.05) is 0 Å². The first-order valence-electron chi connectivity index (χ1n) is 3.02. The predicted molar refractivity (Wildman–Crippen MR) is 46.1 cm³/mol. The molecule has 0 radical (unpaired) electrons. The lowest BCUT2D eigenvalue weighted by Gasteiger charge is -1.88. The Morgan fingerprint density at radius 1 is 1.56 bits per heavy atom. The van der Waals surface area contributed by atoms with Crippen molar-refractivity contribution in [2.45, 2.75) is 20.8 Å². The summed E-state index contributed by atoms with van der Waals surface area (Å²) in [5.41, 5.74) is 0. The van der Waals surface area contributed by atoms with Crippen LogP contribution >= 0.6 is 12.6 Å². The Labute approximate surface area is 62.3 Å². The molecule has 0 atom stereocenters. The zero-order valence-electron chi connectivity index (χ0n) is 6.13. The Morgan fingerprint density at radius 2 is 2.11 bits per heavy atom. The monoisotopic (exact) mass is 143 g/mol. The fourth-order valence-corrected chi connectivity index (χ4v) is 0.390. The highest BCUT2D eigenvalue weighted by Gasteiger charge is 1.80. The van der Waals surface area contributed by atoms with Gasteiger partial charge in [0.05, 0.1) is 0 Å². The van der Waals surface area contributed by atoms with Crippen molar-refractivity contribution < 1.29 is 0 Å². The lowest BCUT2D eigenvalue weighted by Crippen LogP contribution is -1.84. The lowest BCUT2D eigenvalue weighted by molar-refractivity contribution is 0.907. The molecule has 2 heteroatoms. The van der Waals surface area contributed by atoms with Crippen LogP contribution in [0.1, 0.15) is 20.8 Å². The van der Waals surface area contributed by atoms with Crippen molar-refractivity contribution in [1.82, 2.24) is 0 Å². The van der Waals surface area contributed by atoms with Crippen LogP contribution in [0.4, 0.5) is 0 Å². The molecule has 0 bridgehead atoms. The van der Waals surface area contributed by atoms with E-state index < -0.39 is 0 Å². The third kappa shape index (κ3) is 7.76. The van der Waals surface area contributed by atoms with Crippen LogP contribution < -0.4 is 0 Å². The van der Waals surface area contributed by atoms with Gasteiger partial charge in [0.2, 0.25) is 0 Å². The summed E-state index contributed by atoms with van der Waals surface area (Å²) in [6.07, 6.45) is 3.63. The molecular weight excluding hydrogens is 130 g/mol. The first-order valence-corrected chi connectivity index (χ1v) is 3.46. The van der Waals surface area contributed by atoms with Crippen LogP contribution in [0.5, 0.6) is 0 Å². The molecule has 0 aromatic heterocycles. The maximum Gasteiger partial charge on any atom is 0.0353 e. The Balaban J connectivity index is 3.60. The summed E-state index contributed by atoms with van der Waals surface area (Å²) in [6.45, 7) is 6.08. The molecule has 0 aromatic carbocycles. The minimum atomic E-state index is 0.522. The van der Waals surface area contributed by atoms with Gasteiger partial charge in [-0.15, -0.1) is 12.6 Å². The van der Waals surface area contributed by atoms with Crippen LogP contribution in [-0.4, -0.2) is 6.21 Å². The topological polar surface area (TPSA) is 12.4 Å². The summed E-state index contributed by atoms with van der Waals surface area (Å²) in [6, 6.07) is 0. The SMILES string of the molecule is C/C(S)=C/N=CC(C)C. The van der Waals surface area contributed by atoms with E-state index in [9.17, 15) is 0 Å². The van der Waals surface area contributed by atoms with Crippen LogP contribution in [0.25, 0.3) is 0 Å². The Kier molecular flexibility index (Phi) is 4.50. The highest BCUT2D eigenvalue weighted by Crippen LogP contribution is 1.96. The summed E-state index contributed by atoms with van der Waals surface area (Å²) in [4.78, 5) is 4.94. The fourth-order valence-electron chi connectivity index (χ4n) is 0.323. The maximum atomic E-state index is 4.05. The first kappa shape index (κ1) is 8.76. The molecule has 52 valence electrons. The normalized spacial score (nSPS) is 13.7. The lowest BCUT2D eigenvalue weighted by atomic mass is 10.3. The van der Waals surface area contributed by atoms with E-state index in [1.165, 1.54) is 0 Å². The number of hydrogen-bond donors (Lipinski definition) is 1. The van der Waals surface area contributed by atoms with Crippen LogP contribution in [0.15, 0.2) is 16.1 Å². The van der Waals surface area contributed by atoms with Gasteiger partial charge in [-0.25, -0.2) is 0 Å². The summed E-state index contributed by atoms with van der Waals surface area (Å²) < 4.78 is 0. The number of rotatable bonds is 2. The second-order valence-electron chi connectivity index (χ2n) is 2.31. The van der Waals surface area contributed by atoms with Crippen molar-refractivity contribution in [3.05, 3.63) is 11.1 Å². The van der Waals surface area contributed by atoms with Crippen molar-refractivity contribution in [3.63, 3.8) is 0 Å². The number of aliphatic imine (C=N–C) groups is 1. The van der Waals surface area contributed by atoms with Gasteiger partial charge in [0.15, 0.2) is 0 Å². The van der Waals surface area contributed by atoms with Gasteiger partial charge in [-0.3, -0.25) is 4.99 Å². The second kappa shape index (κ2) is 4.62. The van der Waals surface area contributed by atoms with E-state index in [0.717, 1.165) is 4.91 Å². The third-order valence-electron chi connectivity index (χ3n) is 0.646. The molecule has 1 nitrogen and oxygen atoms in total. The largest absolute Gasteiger partial charge is 0.268 e. The molecule has 0 amide bonds. The van der Waals surface area contributed by atoms with Gasteiger partial charge in [0.1, 0.15) is 0 Å². The number of nitrogens with zero attached hydrogens (tertiary/aromatic N) is 1. The van der Waals surface area contributed by atoms with Gasteiger partial charge in [0.25, 0.3) is 0 Å². The predicted octanol–water partition coefficient (Wildman–Crippen LogP) is 2.50. The number of allylic oxidation sites excluding steroid dienone is 1. The molecule has 0 aliphatic heterocycles. The average Bonchev–Trinajstić information content (AvgIpc) is 1.63. The third-order valence-corrected chi connectivity index (χ3v) is 0.761. The molecule has 0 saturated heterocycles.